The van der Waals surface area contributed by atoms with Crippen LogP contribution in [-0.2, 0) is 6.54 Å². The number of aliphatic imine (C=N–C) groups is 1. The van der Waals surface area contributed by atoms with Gasteiger partial charge < -0.3 is 20.4 Å². The molecule has 0 aliphatic carbocycles. The molecule has 1 aromatic heterocycles. The highest BCUT2D eigenvalue weighted by Gasteiger charge is 2.02. The standard InChI is InChI=1S/C14H18ClN5O/c1-21-13-4-3-11(9-12(13)15)19-14(16)18-5-2-7-20-8-6-17-10-20/h3-4,6,8-10H,2,5,7H2,1H3,(H3,16,18,19). The molecular formula is C14H18ClN5O. The van der Waals surface area contributed by atoms with Crippen molar-refractivity contribution < 1.29 is 4.74 Å². The highest BCUT2D eigenvalue weighted by Crippen LogP contribution is 2.26. The fraction of sp³-hybridized carbons (Fsp3) is 0.286. The molecule has 2 aromatic rings. The Bertz CT molecular complexity index is 597. The molecule has 2 rings (SSSR count). The molecule has 0 radical (unpaired) electrons. The van der Waals surface area contributed by atoms with Gasteiger partial charge in [-0.05, 0) is 24.6 Å². The summed E-state index contributed by atoms with van der Waals surface area (Å²) in [6.45, 7) is 1.51. The van der Waals surface area contributed by atoms with Gasteiger partial charge >= 0.3 is 0 Å². The molecule has 0 aliphatic rings. The first-order valence-electron chi connectivity index (χ1n) is 6.55. The number of nitrogens with zero attached hydrogens (tertiary/aromatic N) is 3. The van der Waals surface area contributed by atoms with E-state index in [-0.39, 0.29) is 0 Å². The summed E-state index contributed by atoms with van der Waals surface area (Å²) in [4.78, 5) is 8.25. The Hall–Kier alpha value is -2.21. The number of anilines is 1. The third-order valence-corrected chi connectivity index (χ3v) is 3.14. The summed E-state index contributed by atoms with van der Waals surface area (Å²) in [5, 5.41) is 3.52. The van der Waals surface area contributed by atoms with Crippen LogP contribution in [0.3, 0.4) is 0 Å². The number of nitrogens with two attached hydrogens (primary N) is 1. The normalized spacial score (nSPS) is 11.4. The summed E-state index contributed by atoms with van der Waals surface area (Å²) in [6, 6.07) is 5.35. The van der Waals surface area contributed by atoms with Gasteiger partial charge in [0.1, 0.15) is 5.75 Å². The van der Waals surface area contributed by atoms with Gasteiger partial charge in [0.05, 0.1) is 18.5 Å². The number of nitrogens with one attached hydrogen (secondary N) is 1. The van der Waals surface area contributed by atoms with Crippen molar-refractivity contribution in [1.29, 1.82) is 0 Å². The fourth-order valence-corrected chi connectivity index (χ4v) is 2.06. The van der Waals surface area contributed by atoms with Crippen LogP contribution in [0.25, 0.3) is 0 Å². The molecule has 0 atom stereocenters. The Morgan fingerprint density at radius 3 is 3.05 bits per heavy atom. The van der Waals surface area contributed by atoms with Crippen LogP contribution in [0.5, 0.6) is 5.75 Å². The van der Waals surface area contributed by atoms with Gasteiger partial charge in [-0.3, -0.25) is 4.99 Å². The van der Waals surface area contributed by atoms with E-state index < -0.39 is 0 Å². The molecule has 0 bridgehead atoms. The van der Waals surface area contributed by atoms with E-state index >= 15 is 0 Å². The van der Waals surface area contributed by atoms with Crippen LogP contribution in [-0.4, -0.2) is 29.2 Å². The minimum atomic E-state index is 0.363. The molecule has 0 spiro atoms. The van der Waals surface area contributed by atoms with Crippen molar-refractivity contribution in [2.75, 3.05) is 19.0 Å². The van der Waals surface area contributed by atoms with Crippen molar-refractivity contribution in [3.8, 4) is 5.75 Å². The Morgan fingerprint density at radius 2 is 2.38 bits per heavy atom. The highest BCUT2D eigenvalue weighted by atomic mass is 35.5. The topological polar surface area (TPSA) is 77.5 Å². The van der Waals surface area contributed by atoms with E-state index in [0.717, 1.165) is 18.7 Å². The van der Waals surface area contributed by atoms with Crippen LogP contribution >= 0.6 is 11.6 Å². The third-order valence-electron chi connectivity index (χ3n) is 2.84. The minimum Gasteiger partial charge on any atom is -0.495 e. The predicted molar refractivity (Wildman–Crippen MR) is 85.0 cm³/mol. The van der Waals surface area contributed by atoms with Gasteiger partial charge in [-0.1, -0.05) is 11.6 Å². The predicted octanol–water partition coefficient (Wildman–Crippen LogP) is 2.36. The lowest BCUT2D eigenvalue weighted by atomic mass is 10.3. The van der Waals surface area contributed by atoms with Gasteiger partial charge in [-0.15, -0.1) is 0 Å². The second-order valence-corrected chi connectivity index (χ2v) is 4.80. The van der Waals surface area contributed by atoms with Crippen molar-refractivity contribution in [1.82, 2.24) is 9.55 Å². The van der Waals surface area contributed by atoms with E-state index in [1.807, 2.05) is 16.8 Å². The molecule has 0 fully saturated rings. The first-order valence-corrected chi connectivity index (χ1v) is 6.93. The Balaban J connectivity index is 1.81. The van der Waals surface area contributed by atoms with Gasteiger partial charge in [-0.2, -0.15) is 0 Å². The first kappa shape index (κ1) is 15.2. The SMILES string of the molecule is COc1ccc(NC(N)=NCCCn2ccnc2)cc1Cl. The number of ether oxygens (including phenoxy) is 1. The summed E-state index contributed by atoms with van der Waals surface area (Å²) >= 11 is 6.04. The summed E-state index contributed by atoms with van der Waals surface area (Å²) in [5.74, 6) is 0.986. The largest absolute Gasteiger partial charge is 0.495 e. The molecule has 0 unspecified atom stereocenters. The van der Waals surface area contributed by atoms with E-state index in [1.165, 1.54) is 0 Å². The zero-order valence-electron chi connectivity index (χ0n) is 11.8. The first-order chi connectivity index (χ1) is 10.2. The maximum Gasteiger partial charge on any atom is 0.193 e. The number of imidazole rings is 1. The van der Waals surface area contributed by atoms with Crippen LogP contribution in [0.2, 0.25) is 5.02 Å². The second kappa shape index (κ2) is 7.54. The maximum atomic E-state index is 6.04. The van der Waals surface area contributed by atoms with Gasteiger partial charge in [0.15, 0.2) is 5.96 Å². The Morgan fingerprint density at radius 1 is 1.52 bits per heavy atom. The highest BCUT2D eigenvalue weighted by molar-refractivity contribution is 6.32. The summed E-state index contributed by atoms with van der Waals surface area (Å²) < 4.78 is 7.09. The monoisotopic (exact) mass is 307 g/mol. The van der Waals surface area contributed by atoms with Gasteiger partial charge in [0.25, 0.3) is 0 Å². The quantitative estimate of drug-likeness (QED) is 0.488. The summed E-state index contributed by atoms with van der Waals surface area (Å²) in [7, 11) is 1.57. The Labute approximate surface area is 128 Å². The molecule has 7 heteroatoms. The fourth-order valence-electron chi connectivity index (χ4n) is 1.80. The van der Waals surface area contributed by atoms with E-state index in [0.29, 0.717) is 23.3 Å². The molecule has 0 saturated carbocycles. The average Bonchev–Trinajstić information content (AvgIpc) is 2.97. The van der Waals surface area contributed by atoms with E-state index in [2.05, 4.69) is 15.3 Å². The number of guanidine groups is 1. The molecule has 21 heavy (non-hydrogen) atoms. The Kier molecular flexibility index (Phi) is 5.45. The van der Waals surface area contributed by atoms with Crippen molar-refractivity contribution in [2.24, 2.45) is 10.7 Å². The maximum absolute atomic E-state index is 6.04. The number of aryl methyl sites for hydroxylation is 1. The van der Waals surface area contributed by atoms with Crippen LogP contribution < -0.4 is 15.8 Å². The average molecular weight is 308 g/mol. The number of rotatable bonds is 6. The third kappa shape index (κ3) is 4.68. The van der Waals surface area contributed by atoms with Gasteiger partial charge in [-0.25, -0.2) is 4.98 Å². The van der Waals surface area contributed by atoms with E-state index in [1.54, 1.807) is 31.8 Å². The number of aromatic nitrogens is 2. The second-order valence-electron chi connectivity index (χ2n) is 4.40. The lowest BCUT2D eigenvalue weighted by Crippen LogP contribution is -2.23. The lowest BCUT2D eigenvalue weighted by Gasteiger charge is -2.08. The number of hydrogen-bond acceptors (Lipinski definition) is 3. The zero-order chi connectivity index (χ0) is 15.1. The molecule has 0 saturated heterocycles. The van der Waals surface area contributed by atoms with Crippen LogP contribution in [0.15, 0.2) is 41.9 Å². The zero-order valence-corrected chi connectivity index (χ0v) is 12.5. The molecule has 0 amide bonds. The van der Waals surface area contributed by atoms with Crippen molar-refractivity contribution in [3.05, 3.63) is 41.9 Å². The van der Waals surface area contributed by atoms with Crippen molar-refractivity contribution >= 4 is 23.2 Å². The van der Waals surface area contributed by atoms with Crippen molar-refractivity contribution in [3.63, 3.8) is 0 Å². The number of hydrogen-bond donors (Lipinski definition) is 2. The van der Waals surface area contributed by atoms with Crippen LogP contribution in [0.4, 0.5) is 5.69 Å². The smallest absolute Gasteiger partial charge is 0.193 e. The molecule has 1 aromatic carbocycles. The van der Waals surface area contributed by atoms with Crippen molar-refractivity contribution in [2.45, 2.75) is 13.0 Å². The van der Waals surface area contributed by atoms with Crippen LogP contribution in [0.1, 0.15) is 6.42 Å². The van der Waals surface area contributed by atoms with E-state index in [9.17, 15) is 0 Å². The number of halogens is 1. The summed E-state index contributed by atoms with van der Waals surface area (Å²) in [6.07, 6.45) is 6.35. The molecular weight excluding hydrogens is 290 g/mol. The van der Waals surface area contributed by atoms with E-state index in [4.69, 9.17) is 22.1 Å². The number of methoxy groups -OCH3 is 1. The van der Waals surface area contributed by atoms with Crippen LogP contribution in [0, 0.1) is 0 Å². The van der Waals surface area contributed by atoms with Gasteiger partial charge in [0, 0.05) is 31.2 Å². The molecule has 6 nitrogen and oxygen atoms in total. The number of benzene rings is 1. The summed E-state index contributed by atoms with van der Waals surface area (Å²) in [5.41, 5.74) is 6.61. The molecule has 1 heterocycles. The molecule has 112 valence electrons. The minimum absolute atomic E-state index is 0.363. The lowest BCUT2D eigenvalue weighted by molar-refractivity contribution is 0.415. The van der Waals surface area contributed by atoms with Gasteiger partial charge in [0.2, 0.25) is 0 Å². The molecule has 3 N–H and O–H groups in total. The molecule has 0 aliphatic heterocycles.